The van der Waals surface area contributed by atoms with Gasteiger partial charge in [0, 0.05) is 13.1 Å². The first kappa shape index (κ1) is 22.3. The fourth-order valence-corrected chi connectivity index (χ4v) is 8.03. The van der Waals surface area contributed by atoms with E-state index in [1.165, 1.54) is 25.2 Å². The molecule has 166 valence electrons. The number of likely N-dealkylation sites (N-methyl/N-ethyl adjacent to an activating group) is 1. The molecule has 0 aliphatic heterocycles. The Morgan fingerprint density at radius 2 is 1.80 bits per heavy atom. The second-order valence-corrected chi connectivity index (χ2v) is 12.5. The molecule has 6 nitrogen and oxygen atoms in total. The first-order valence-electron chi connectivity index (χ1n) is 10.3. The Balaban J connectivity index is 1.54. The molecule has 0 heterocycles. The lowest BCUT2D eigenvalue weighted by Gasteiger charge is -2.58. The molecule has 2 atom stereocenters. The molecule has 1 aromatic rings. The molecule has 4 saturated carbocycles. The van der Waals surface area contributed by atoms with Crippen molar-refractivity contribution in [3.63, 3.8) is 0 Å². The molecule has 2 N–H and O–H groups in total. The highest BCUT2D eigenvalue weighted by atomic mass is 35.5. The number of amides is 1. The molecular weight excluding hydrogens is 447 g/mol. The van der Waals surface area contributed by atoms with Crippen molar-refractivity contribution in [2.45, 2.75) is 68.0 Å². The predicted octanol–water partition coefficient (Wildman–Crippen LogP) is 3.45. The lowest BCUT2D eigenvalue weighted by Crippen LogP contribution is -2.65. The molecule has 30 heavy (non-hydrogen) atoms. The van der Waals surface area contributed by atoms with Crippen LogP contribution >= 0.6 is 23.2 Å². The van der Waals surface area contributed by atoms with Gasteiger partial charge in [0.05, 0.1) is 15.6 Å². The van der Waals surface area contributed by atoms with E-state index in [1.54, 1.807) is 13.8 Å². The quantitative estimate of drug-likeness (QED) is 0.683. The van der Waals surface area contributed by atoms with Gasteiger partial charge in [0.15, 0.2) is 0 Å². The molecule has 4 aliphatic carbocycles. The fourth-order valence-electron chi connectivity index (χ4n) is 5.82. The highest BCUT2D eigenvalue weighted by Gasteiger charge is 2.55. The molecule has 1 amide bonds. The van der Waals surface area contributed by atoms with Crippen LogP contribution in [0.3, 0.4) is 0 Å². The maximum atomic E-state index is 13.3. The van der Waals surface area contributed by atoms with Crippen molar-refractivity contribution in [3.8, 4) is 0 Å². The minimum absolute atomic E-state index is 0.0283. The molecule has 0 saturated heterocycles. The number of carbonyl (C=O) groups is 1. The second kappa shape index (κ2) is 7.34. The average Bonchev–Trinajstić information content (AvgIpc) is 2.64. The number of hydrogen-bond acceptors (Lipinski definition) is 4. The summed E-state index contributed by atoms with van der Waals surface area (Å²) in [6, 6.07) is 4.38. The summed E-state index contributed by atoms with van der Waals surface area (Å²) in [6.07, 6.45) is 4.30. The molecular formula is C21H28Cl2N2O4S. The zero-order chi connectivity index (χ0) is 22.1. The molecule has 9 heteroatoms. The Bertz CT molecular complexity index is 965. The van der Waals surface area contributed by atoms with Crippen LogP contribution in [0.25, 0.3) is 0 Å². The Kier molecular flexibility index (Phi) is 5.47. The third-order valence-corrected chi connectivity index (χ3v) is 10.4. The smallest absolute Gasteiger partial charge is 0.245 e. The largest absolute Gasteiger partial charge is 0.390 e. The molecule has 0 aromatic heterocycles. The zero-order valence-electron chi connectivity index (χ0n) is 17.4. The van der Waals surface area contributed by atoms with Crippen LogP contribution < -0.4 is 5.32 Å². The number of halogens is 2. The summed E-state index contributed by atoms with van der Waals surface area (Å²) in [4.78, 5) is 13.1. The Morgan fingerprint density at radius 3 is 2.37 bits per heavy atom. The van der Waals surface area contributed by atoms with Crippen LogP contribution in [0.2, 0.25) is 10.0 Å². The zero-order valence-corrected chi connectivity index (χ0v) is 19.7. The van der Waals surface area contributed by atoms with E-state index in [1.807, 2.05) is 0 Å². The van der Waals surface area contributed by atoms with Gasteiger partial charge in [-0.15, -0.1) is 0 Å². The standard InChI is InChI=1S/C21H28Cl2N2O4S/c1-20(2,25(3)30(28,29)16-6-4-5-15(22)17(16)23)19(26)24-18-13-7-12-8-14(18)11-21(27,9-12)10-13/h4-6,12-14,18,27H,7-11H2,1-3H3,(H,24,26). The third kappa shape index (κ3) is 3.56. The topological polar surface area (TPSA) is 86.7 Å². The van der Waals surface area contributed by atoms with Crippen molar-refractivity contribution in [3.05, 3.63) is 28.2 Å². The summed E-state index contributed by atoms with van der Waals surface area (Å²) < 4.78 is 27.5. The molecule has 1 aromatic carbocycles. The number of nitrogens with zero attached hydrogens (tertiary/aromatic N) is 1. The van der Waals surface area contributed by atoms with Gasteiger partial charge < -0.3 is 10.4 Å². The number of hydrogen-bond donors (Lipinski definition) is 2. The van der Waals surface area contributed by atoms with Crippen LogP contribution in [-0.4, -0.2) is 48.0 Å². The van der Waals surface area contributed by atoms with Crippen LogP contribution in [0.15, 0.2) is 23.1 Å². The molecule has 0 spiro atoms. The van der Waals surface area contributed by atoms with Crippen molar-refractivity contribution in [2.75, 3.05) is 7.05 Å². The molecule has 4 fully saturated rings. The highest BCUT2D eigenvalue weighted by molar-refractivity contribution is 7.89. The van der Waals surface area contributed by atoms with E-state index in [2.05, 4.69) is 5.32 Å². The Hall–Kier alpha value is -0.860. The Morgan fingerprint density at radius 1 is 1.20 bits per heavy atom. The van der Waals surface area contributed by atoms with Crippen LogP contribution in [-0.2, 0) is 14.8 Å². The number of sulfonamides is 1. The fraction of sp³-hybridized carbons (Fsp3) is 0.667. The highest BCUT2D eigenvalue weighted by Crippen LogP contribution is 2.55. The van der Waals surface area contributed by atoms with Gasteiger partial charge in [-0.2, -0.15) is 4.31 Å². The monoisotopic (exact) mass is 474 g/mol. The minimum Gasteiger partial charge on any atom is -0.390 e. The van der Waals surface area contributed by atoms with E-state index in [0.29, 0.717) is 18.8 Å². The summed E-state index contributed by atoms with van der Waals surface area (Å²) in [5.41, 5.74) is -1.92. The third-order valence-electron chi connectivity index (χ3n) is 7.44. The van der Waals surface area contributed by atoms with Crippen molar-refractivity contribution in [1.82, 2.24) is 9.62 Å². The summed E-state index contributed by atoms with van der Waals surface area (Å²) in [5, 5.41) is 14.0. The van der Waals surface area contributed by atoms with Gasteiger partial charge in [-0.3, -0.25) is 4.79 Å². The summed E-state index contributed by atoms with van der Waals surface area (Å²) in [7, 11) is -2.67. The van der Waals surface area contributed by atoms with Gasteiger partial charge >= 0.3 is 0 Å². The van der Waals surface area contributed by atoms with Gasteiger partial charge in [-0.25, -0.2) is 8.42 Å². The molecule has 5 rings (SSSR count). The lowest BCUT2D eigenvalue weighted by molar-refractivity contribution is -0.149. The van der Waals surface area contributed by atoms with Crippen LogP contribution in [0, 0.1) is 17.8 Å². The molecule has 4 aliphatic rings. The average molecular weight is 475 g/mol. The maximum Gasteiger partial charge on any atom is 0.245 e. The molecule has 4 bridgehead atoms. The second-order valence-electron chi connectivity index (χ2n) is 9.78. The van der Waals surface area contributed by atoms with Gasteiger partial charge in [0.25, 0.3) is 0 Å². The van der Waals surface area contributed by atoms with Crippen molar-refractivity contribution in [2.24, 2.45) is 17.8 Å². The van der Waals surface area contributed by atoms with Crippen molar-refractivity contribution < 1.29 is 18.3 Å². The predicted molar refractivity (Wildman–Crippen MR) is 116 cm³/mol. The lowest BCUT2D eigenvalue weighted by atomic mass is 9.52. The van der Waals surface area contributed by atoms with Gasteiger partial charge in [-0.1, -0.05) is 29.3 Å². The van der Waals surface area contributed by atoms with Crippen molar-refractivity contribution in [1.29, 1.82) is 0 Å². The van der Waals surface area contributed by atoms with Gasteiger partial charge in [0.2, 0.25) is 15.9 Å². The van der Waals surface area contributed by atoms with E-state index in [9.17, 15) is 18.3 Å². The number of carbonyl (C=O) groups excluding carboxylic acids is 1. The molecule has 0 radical (unpaired) electrons. The SMILES string of the molecule is CN(C(C)(C)C(=O)NC1C2CC3CC1CC(O)(C3)C2)S(=O)(=O)c1cccc(Cl)c1Cl. The van der Waals surface area contributed by atoms with E-state index in [-0.39, 0.29) is 38.7 Å². The number of aliphatic hydroxyl groups is 1. The number of benzene rings is 1. The number of rotatable bonds is 5. The summed E-state index contributed by atoms with van der Waals surface area (Å²) in [5.74, 6) is 0.661. The Labute approximate surface area is 188 Å². The van der Waals surface area contributed by atoms with Gasteiger partial charge in [0.1, 0.15) is 10.4 Å². The first-order chi connectivity index (χ1) is 13.8. The summed E-state index contributed by atoms with van der Waals surface area (Å²) >= 11 is 12.1. The molecule has 2 unspecified atom stereocenters. The minimum atomic E-state index is -4.05. The first-order valence-corrected chi connectivity index (χ1v) is 12.5. The summed E-state index contributed by atoms with van der Waals surface area (Å²) in [6.45, 7) is 3.17. The van der Waals surface area contributed by atoms with Crippen LogP contribution in [0.5, 0.6) is 0 Å². The normalized spacial score (nSPS) is 33.2. The maximum absolute atomic E-state index is 13.3. The van der Waals surface area contributed by atoms with E-state index in [0.717, 1.165) is 23.6 Å². The van der Waals surface area contributed by atoms with E-state index < -0.39 is 21.2 Å². The van der Waals surface area contributed by atoms with Crippen LogP contribution in [0.4, 0.5) is 0 Å². The van der Waals surface area contributed by atoms with Gasteiger partial charge in [-0.05, 0) is 75.8 Å². The van der Waals surface area contributed by atoms with E-state index in [4.69, 9.17) is 23.2 Å². The number of nitrogens with one attached hydrogen (secondary N) is 1. The van der Waals surface area contributed by atoms with Crippen LogP contribution in [0.1, 0.15) is 46.0 Å². The van der Waals surface area contributed by atoms with Crippen molar-refractivity contribution >= 4 is 39.1 Å². The van der Waals surface area contributed by atoms with E-state index >= 15 is 0 Å².